The lowest BCUT2D eigenvalue weighted by Gasteiger charge is -2.27. The highest BCUT2D eigenvalue weighted by atomic mass is 16.5. The molecule has 0 aliphatic carbocycles. The molecule has 0 aromatic heterocycles. The molecule has 1 aromatic rings. The number of nitrogens with one attached hydrogen (secondary N) is 1. The number of likely N-dealkylation sites (tertiary alicyclic amines) is 1. The monoisotopic (exact) mass is 290 g/mol. The molecule has 1 saturated heterocycles. The van der Waals surface area contributed by atoms with Crippen molar-refractivity contribution in [3.63, 3.8) is 0 Å². The average molecular weight is 290 g/mol. The molecule has 1 aliphatic heterocycles. The Labute approximate surface area is 129 Å². The lowest BCUT2D eigenvalue weighted by Crippen LogP contribution is -2.35. The fraction of sp³-hybridized carbons (Fsp3) is 0.667. The second-order valence-corrected chi connectivity index (χ2v) is 6.73. The van der Waals surface area contributed by atoms with Crippen molar-refractivity contribution in [3.05, 3.63) is 29.8 Å². The van der Waals surface area contributed by atoms with Gasteiger partial charge in [0.25, 0.3) is 0 Å². The Morgan fingerprint density at radius 3 is 2.67 bits per heavy atom. The quantitative estimate of drug-likeness (QED) is 0.832. The van der Waals surface area contributed by atoms with E-state index in [1.807, 2.05) is 6.92 Å². The van der Waals surface area contributed by atoms with E-state index in [4.69, 9.17) is 4.74 Å². The van der Waals surface area contributed by atoms with Gasteiger partial charge in [-0.1, -0.05) is 39.0 Å². The van der Waals surface area contributed by atoms with Gasteiger partial charge in [-0.3, -0.25) is 0 Å². The summed E-state index contributed by atoms with van der Waals surface area (Å²) in [7, 11) is 0. The molecular weight excluding hydrogens is 260 g/mol. The molecule has 1 fully saturated rings. The molecule has 0 amide bonds. The van der Waals surface area contributed by atoms with E-state index in [0.29, 0.717) is 18.1 Å². The van der Waals surface area contributed by atoms with E-state index in [1.165, 1.54) is 25.1 Å². The number of hydrogen-bond donors (Lipinski definition) is 1. The largest absolute Gasteiger partial charge is 0.494 e. The van der Waals surface area contributed by atoms with Crippen molar-refractivity contribution in [2.45, 2.75) is 40.2 Å². The van der Waals surface area contributed by atoms with Crippen LogP contribution >= 0.6 is 0 Å². The summed E-state index contributed by atoms with van der Waals surface area (Å²) in [5.74, 6) is 1.02. The first kappa shape index (κ1) is 16.3. The second kappa shape index (κ2) is 7.28. The van der Waals surface area contributed by atoms with Crippen LogP contribution in [0.4, 0.5) is 0 Å². The van der Waals surface area contributed by atoms with Crippen LogP contribution in [0.25, 0.3) is 0 Å². The standard InChI is InChI=1S/C18H30N2O/c1-5-19-16(13-20-12-11-18(3,4)14-20)15-9-7-8-10-17(15)21-6-2/h7-10,16,19H,5-6,11-14H2,1-4H3. The average Bonchev–Trinajstić information content (AvgIpc) is 2.79. The van der Waals surface area contributed by atoms with Crippen molar-refractivity contribution in [2.75, 3.05) is 32.8 Å². The Hall–Kier alpha value is -1.06. The molecule has 0 radical (unpaired) electrons. The Balaban J connectivity index is 2.12. The number of para-hydroxylation sites is 1. The van der Waals surface area contributed by atoms with E-state index >= 15 is 0 Å². The minimum Gasteiger partial charge on any atom is -0.494 e. The molecule has 0 bridgehead atoms. The third-order valence-electron chi connectivity index (χ3n) is 4.24. The predicted octanol–water partition coefficient (Wildman–Crippen LogP) is 3.47. The van der Waals surface area contributed by atoms with E-state index in [9.17, 15) is 0 Å². The molecule has 2 rings (SSSR count). The Bertz CT molecular complexity index is 445. The molecule has 118 valence electrons. The Morgan fingerprint density at radius 1 is 1.29 bits per heavy atom. The highest BCUT2D eigenvalue weighted by Crippen LogP contribution is 2.32. The fourth-order valence-electron chi connectivity index (χ4n) is 3.21. The van der Waals surface area contributed by atoms with Crippen LogP contribution in [-0.2, 0) is 0 Å². The number of ether oxygens (including phenoxy) is 1. The smallest absolute Gasteiger partial charge is 0.124 e. The minimum absolute atomic E-state index is 0.339. The summed E-state index contributed by atoms with van der Waals surface area (Å²) in [4.78, 5) is 2.58. The second-order valence-electron chi connectivity index (χ2n) is 6.73. The number of likely N-dealkylation sites (N-methyl/N-ethyl adjacent to an activating group) is 1. The number of rotatable bonds is 7. The van der Waals surface area contributed by atoms with Crippen molar-refractivity contribution >= 4 is 0 Å². The number of hydrogen-bond acceptors (Lipinski definition) is 3. The van der Waals surface area contributed by atoms with Gasteiger partial charge in [-0.15, -0.1) is 0 Å². The fourth-order valence-corrected chi connectivity index (χ4v) is 3.21. The molecule has 1 aromatic carbocycles. The van der Waals surface area contributed by atoms with Gasteiger partial charge >= 0.3 is 0 Å². The lowest BCUT2D eigenvalue weighted by molar-refractivity contribution is 0.257. The summed E-state index contributed by atoms with van der Waals surface area (Å²) in [5, 5.41) is 3.63. The van der Waals surface area contributed by atoms with Crippen LogP contribution in [-0.4, -0.2) is 37.7 Å². The molecule has 1 heterocycles. The molecule has 0 spiro atoms. The predicted molar refractivity (Wildman–Crippen MR) is 88.9 cm³/mol. The van der Waals surface area contributed by atoms with Gasteiger partial charge in [0.2, 0.25) is 0 Å². The van der Waals surface area contributed by atoms with E-state index in [2.05, 4.69) is 55.3 Å². The van der Waals surface area contributed by atoms with Gasteiger partial charge in [-0.2, -0.15) is 0 Å². The minimum atomic E-state index is 0.339. The van der Waals surface area contributed by atoms with E-state index in [1.54, 1.807) is 0 Å². The third kappa shape index (κ3) is 4.45. The first-order valence-corrected chi connectivity index (χ1v) is 8.23. The number of benzene rings is 1. The summed E-state index contributed by atoms with van der Waals surface area (Å²) >= 11 is 0. The van der Waals surface area contributed by atoms with Crippen molar-refractivity contribution in [3.8, 4) is 5.75 Å². The van der Waals surface area contributed by atoms with Crippen molar-refractivity contribution in [1.82, 2.24) is 10.2 Å². The zero-order valence-electron chi connectivity index (χ0n) is 14.0. The number of nitrogens with zero attached hydrogens (tertiary/aromatic N) is 1. The Kier molecular flexibility index (Phi) is 5.65. The van der Waals surface area contributed by atoms with Gasteiger partial charge in [-0.05, 0) is 37.9 Å². The zero-order chi connectivity index (χ0) is 15.3. The van der Waals surface area contributed by atoms with Gasteiger partial charge in [0.15, 0.2) is 0 Å². The van der Waals surface area contributed by atoms with Gasteiger partial charge in [-0.25, -0.2) is 0 Å². The normalized spacial score (nSPS) is 19.6. The van der Waals surface area contributed by atoms with Gasteiger partial charge in [0.05, 0.1) is 6.61 Å². The van der Waals surface area contributed by atoms with Crippen LogP contribution in [0.15, 0.2) is 24.3 Å². The molecule has 1 atom stereocenters. The van der Waals surface area contributed by atoms with Gasteiger partial charge in [0.1, 0.15) is 5.75 Å². The SMILES string of the molecule is CCNC(CN1CCC(C)(C)C1)c1ccccc1OCC. The van der Waals surface area contributed by atoms with Crippen LogP contribution in [0.2, 0.25) is 0 Å². The van der Waals surface area contributed by atoms with Crippen molar-refractivity contribution in [2.24, 2.45) is 5.41 Å². The van der Waals surface area contributed by atoms with Crippen LogP contribution < -0.4 is 10.1 Å². The maximum atomic E-state index is 5.81. The summed E-state index contributed by atoms with van der Waals surface area (Å²) in [6.45, 7) is 14.1. The van der Waals surface area contributed by atoms with Crippen molar-refractivity contribution in [1.29, 1.82) is 0 Å². The van der Waals surface area contributed by atoms with Gasteiger partial charge in [0, 0.05) is 24.7 Å². The molecule has 1 N–H and O–H groups in total. The van der Waals surface area contributed by atoms with E-state index in [0.717, 1.165) is 18.8 Å². The van der Waals surface area contributed by atoms with Crippen molar-refractivity contribution < 1.29 is 4.74 Å². The first-order chi connectivity index (χ1) is 10.1. The first-order valence-electron chi connectivity index (χ1n) is 8.23. The third-order valence-corrected chi connectivity index (χ3v) is 4.24. The van der Waals surface area contributed by atoms with Gasteiger partial charge < -0.3 is 15.0 Å². The van der Waals surface area contributed by atoms with E-state index < -0.39 is 0 Å². The van der Waals surface area contributed by atoms with Crippen LogP contribution in [0.1, 0.15) is 45.7 Å². The maximum absolute atomic E-state index is 5.81. The van der Waals surface area contributed by atoms with Crippen LogP contribution in [0, 0.1) is 5.41 Å². The summed E-state index contributed by atoms with van der Waals surface area (Å²) in [6.07, 6.45) is 1.29. The summed E-state index contributed by atoms with van der Waals surface area (Å²) in [6, 6.07) is 8.77. The highest BCUT2D eigenvalue weighted by molar-refractivity contribution is 5.36. The molecule has 1 aliphatic rings. The molecular formula is C18H30N2O. The highest BCUT2D eigenvalue weighted by Gasteiger charge is 2.30. The molecule has 3 nitrogen and oxygen atoms in total. The van der Waals surface area contributed by atoms with Crippen LogP contribution in [0.3, 0.4) is 0 Å². The topological polar surface area (TPSA) is 24.5 Å². The molecule has 1 unspecified atom stereocenters. The Morgan fingerprint density at radius 2 is 2.05 bits per heavy atom. The zero-order valence-corrected chi connectivity index (χ0v) is 14.0. The maximum Gasteiger partial charge on any atom is 0.124 e. The molecule has 3 heteroatoms. The summed E-state index contributed by atoms with van der Waals surface area (Å²) in [5.41, 5.74) is 1.74. The molecule has 0 saturated carbocycles. The van der Waals surface area contributed by atoms with Crippen LogP contribution in [0.5, 0.6) is 5.75 Å². The van der Waals surface area contributed by atoms with E-state index in [-0.39, 0.29) is 0 Å². The molecule has 21 heavy (non-hydrogen) atoms. The lowest BCUT2D eigenvalue weighted by atomic mass is 9.93. The summed E-state index contributed by atoms with van der Waals surface area (Å²) < 4.78 is 5.81.